The summed E-state index contributed by atoms with van der Waals surface area (Å²) in [5.41, 5.74) is 0.628. The highest BCUT2D eigenvalue weighted by Crippen LogP contribution is 2.12. The molecule has 5 heteroatoms. The lowest BCUT2D eigenvalue weighted by atomic mass is 10.3. The zero-order chi connectivity index (χ0) is 7.84. The van der Waals surface area contributed by atoms with E-state index in [4.69, 9.17) is 0 Å². The van der Waals surface area contributed by atoms with Crippen molar-refractivity contribution in [2.75, 3.05) is 6.54 Å². The van der Waals surface area contributed by atoms with E-state index >= 15 is 0 Å². The van der Waals surface area contributed by atoms with Crippen molar-refractivity contribution in [2.24, 2.45) is 0 Å². The molecule has 0 fully saturated rings. The molecule has 2 rings (SSSR count). The van der Waals surface area contributed by atoms with Crippen molar-refractivity contribution in [2.45, 2.75) is 6.54 Å². The molecule has 11 heavy (non-hydrogen) atoms. The molecule has 0 atom stereocenters. The third-order valence-electron chi connectivity index (χ3n) is 1.59. The quantitative estimate of drug-likeness (QED) is 0.681. The van der Waals surface area contributed by atoms with Crippen LogP contribution in [0.2, 0.25) is 0 Å². The largest absolute Gasteiger partial charge is 0.349 e. The van der Waals surface area contributed by atoms with Crippen LogP contribution < -0.4 is 5.32 Å². The predicted octanol–water partition coefficient (Wildman–Crippen LogP) is 0.389. The molecular formula is C6H6BrN3O. The normalized spacial score (nSPS) is 15.9. The average molecular weight is 216 g/mol. The van der Waals surface area contributed by atoms with Crippen molar-refractivity contribution in [1.82, 2.24) is 15.1 Å². The third kappa shape index (κ3) is 1.05. The Morgan fingerprint density at radius 3 is 3.27 bits per heavy atom. The summed E-state index contributed by atoms with van der Waals surface area (Å²) < 4.78 is 2.41. The summed E-state index contributed by atoms with van der Waals surface area (Å²) in [6.07, 6.45) is 0. The van der Waals surface area contributed by atoms with Gasteiger partial charge < -0.3 is 5.32 Å². The molecule has 0 saturated carbocycles. The van der Waals surface area contributed by atoms with Crippen LogP contribution in [0, 0.1) is 0 Å². The summed E-state index contributed by atoms with van der Waals surface area (Å²) >= 11 is 3.21. The Labute approximate surface area is 71.7 Å². The van der Waals surface area contributed by atoms with Gasteiger partial charge in [0, 0.05) is 12.6 Å². The van der Waals surface area contributed by atoms with Crippen molar-refractivity contribution >= 4 is 21.8 Å². The summed E-state index contributed by atoms with van der Waals surface area (Å²) in [4.78, 5) is 11.1. The van der Waals surface area contributed by atoms with Crippen LogP contribution in [0.4, 0.5) is 0 Å². The highest BCUT2D eigenvalue weighted by atomic mass is 79.9. The van der Waals surface area contributed by atoms with Crippen molar-refractivity contribution < 1.29 is 4.79 Å². The molecule has 1 aliphatic heterocycles. The molecule has 1 aromatic heterocycles. The molecule has 0 radical (unpaired) electrons. The SMILES string of the molecule is O=C1NCCn2nc(Br)cc21. The number of amides is 1. The third-order valence-corrected chi connectivity index (χ3v) is 1.98. The molecule has 0 unspecified atom stereocenters. The predicted molar refractivity (Wildman–Crippen MR) is 42.3 cm³/mol. The van der Waals surface area contributed by atoms with Crippen LogP contribution >= 0.6 is 15.9 Å². The van der Waals surface area contributed by atoms with E-state index in [0.717, 1.165) is 6.54 Å². The topological polar surface area (TPSA) is 46.9 Å². The first-order chi connectivity index (χ1) is 5.27. The zero-order valence-electron chi connectivity index (χ0n) is 5.67. The van der Waals surface area contributed by atoms with Gasteiger partial charge in [0.1, 0.15) is 10.3 Å². The number of hydrogen-bond acceptors (Lipinski definition) is 2. The Morgan fingerprint density at radius 2 is 2.55 bits per heavy atom. The Kier molecular flexibility index (Phi) is 1.45. The number of rotatable bonds is 0. The van der Waals surface area contributed by atoms with Gasteiger partial charge >= 0.3 is 0 Å². The smallest absolute Gasteiger partial charge is 0.269 e. The van der Waals surface area contributed by atoms with Gasteiger partial charge in [-0.2, -0.15) is 5.10 Å². The van der Waals surface area contributed by atoms with E-state index in [1.165, 1.54) is 0 Å². The Hall–Kier alpha value is -0.840. The molecule has 0 bridgehead atoms. The maximum Gasteiger partial charge on any atom is 0.269 e. The number of carbonyl (C=O) groups is 1. The number of fused-ring (bicyclic) bond motifs is 1. The number of aromatic nitrogens is 2. The van der Waals surface area contributed by atoms with E-state index in [-0.39, 0.29) is 5.91 Å². The first-order valence-electron chi connectivity index (χ1n) is 3.29. The van der Waals surface area contributed by atoms with E-state index in [1.54, 1.807) is 10.7 Å². The van der Waals surface area contributed by atoms with E-state index < -0.39 is 0 Å². The molecule has 4 nitrogen and oxygen atoms in total. The van der Waals surface area contributed by atoms with Gasteiger partial charge in [-0.25, -0.2) is 0 Å². The van der Waals surface area contributed by atoms with Gasteiger partial charge in [0.25, 0.3) is 5.91 Å². The lowest BCUT2D eigenvalue weighted by Crippen LogP contribution is -2.35. The van der Waals surface area contributed by atoms with Crippen molar-refractivity contribution in [3.05, 3.63) is 16.4 Å². The number of nitrogens with one attached hydrogen (secondary N) is 1. The fourth-order valence-electron chi connectivity index (χ4n) is 1.10. The summed E-state index contributed by atoms with van der Waals surface area (Å²) in [7, 11) is 0. The molecule has 2 heterocycles. The second-order valence-corrected chi connectivity index (χ2v) is 3.14. The molecule has 0 saturated heterocycles. The average Bonchev–Trinajstić information content (AvgIpc) is 2.31. The van der Waals surface area contributed by atoms with Crippen LogP contribution in [0.25, 0.3) is 0 Å². The van der Waals surface area contributed by atoms with Gasteiger partial charge in [-0.3, -0.25) is 9.48 Å². The van der Waals surface area contributed by atoms with E-state index in [1.807, 2.05) is 0 Å². The van der Waals surface area contributed by atoms with Crippen LogP contribution in [0.1, 0.15) is 10.5 Å². The van der Waals surface area contributed by atoms with Crippen LogP contribution in [0.5, 0.6) is 0 Å². The van der Waals surface area contributed by atoms with Gasteiger partial charge in [0.05, 0.1) is 6.54 Å². The van der Waals surface area contributed by atoms with Gasteiger partial charge in [0.15, 0.2) is 0 Å². The molecule has 1 amide bonds. The molecular weight excluding hydrogens is 210 g/mol. The minimum Gasteiger partial charge on any atom is -0.349 e. The minimum absolute atomic E-state index is 0.0468. The lowest BCUT2D eigenvalue weighted by molar-refractivity contribution is 0.0924. The summed E-state index contributed by atoms with van der Waals surface area (Å²) in [6.45, 7) is 1.42. The Bertz CT molecular complexity index is 307. The van der Waals surface area contributed by atoms with Gasteiger partial charge in [0.2, 0.25) is 0 Å². The second-order valence-electron chi connectivity index (χ2n) is 2.33. The maximum atomic E-state index is 11.1. The molecule has 0 aromatic carbocycles. The molecule has 1 aromatic rings. The zero-order valence-corrected chi connectivity index (χ0v) is 7.26. The maximum absolute atomic E-state index is 11.1. The van der Waals surface area contributed by atoms with E-state index in [0.29, 0.717) is 16.8 Å². The summed E-state index contributed by atoms with van der Waals surface area (Å²) in [6, 6.07) is 1.72. The van der Waals surface area contributed by atoms with Gasteiger partial charge in [-0.05, 0) is 15.9 Å². The molecule has 58 valence electrons. The number of carbonyl (C=O) groups excluding carboxylic acids is 1. The highest BCUT2D eigenvalue weighted by Gasteiger charge is 2.17. The minimum atomic E-state index is -0.0468. The molecule has 1 N–H and O–H groups in total. The van der Waals surface area contributed by atoms with Crippen molar-refractivity contribution in [3.63, 3.8) is 0 Å². The van der Waals surface area contributed by atoms with Crippen LogP contribution in [-0.4, -0.2) is 22.2 Å². The fourth-order valence-corrected chi connectivity index (χ4v) is 1.51. The highest BCUT2D eigenvalue weighted by molar-refractivity contribution is 9.10. The fraction of sp³-hybridized carbons (Fsp3) is 0.333. The first kappa shape index (κ1) is 6.84. The van der Waals surface area contributed by atoms with E-state index in [9.17, 15) is 4.79 Å². The standard InChI is InChI=1S/C6H6BrN3O/c7-5-3-4-6(11)8-1-2-10(4)9-5/h3H,1-2H2,(H,8,11). The van der Waals surface area contributed by atoms with Gasteiger partial charge in [-0.15, -0.1) is 0 Å². The number of nitrogens with zero attached hydrogens (tertiary/aromatic N) is 2. The molecule has 1 aliphatic rings. The van der Waals surface area contributed by atoms with Crippen LogP contribution in [-0.2, 0) is 6.54 Å². The van der Waals surface area contributed by atoms with Crippen molar-refractivity contribution in [1.29, 1.82) is 0 Å². The lowest BCUT2D eigenvalue weighted by Gasteiger charge is -2.13. The van der Waals surface area contributed by atoms with Crippen molar-refractivity contribution in [3.8, 4) is 0 Å². The Balaban J connectivity index is 2.52. The van der Waals surface area contributed by atoms with Crippen LogP contribution in [0.15, 0.2) is 10.7 Å². The van der Waals surface area contributed by atoms with E-state index in [2.05, 4.69) is 26.3 Å². The summed E-state index contributed by atoms with van der Waals surface area (Å²) in [5.74, 6) is -0.0468. The monoisotopic (exact) mass is 215 g/mol. The number of halogens is 1. The first-order valence-corrected chi connectivity index (χ1v) is 4.08. The molecule has 0 aliphatic carbocycles. The van der Waals surface area contributed by atoms with Gasteiger partial charge in [-0.1, -0.05) is 0 Å². The second kappa shape index (κ2) is 2.34. The Morgan fingerprint density at radius 1 is 1.73 bits per heavy atom. The van der Waals surface area contributed by atoms with Crippen LogP contribution in [0.3, 0.4) is 0 Å². The summed E-state index contributed by atoms with van der Waals surface area (Å²) in [5, 5.41) is 6.81. The molecule has 0 spiro atoms. The number of hydrogen-bond donors (Lipinski definition) is 1.